The van der Waals surface area contributed by atoms with Crippen LogP contribution in [0.15, 0.2) is 60.2 Å². The van der Waals surface area contributed by atoms with Crippen molar-refractivity contribution in [2.24, 2.45) is 5.73 Å². The molecule has 3 rings (SSSR count). The lowest BCUT2D eigenvalue weighted by Gasteiger charge is -2.26. The molecule has 0 unspecified atom stereocenters. The summed E-state index contributed by atoms with van der Waals surface area (Å²) in [6.07, 6.45) is 0. The molecule has 2 N–H and O–H groups in total. The fraction of sp³-hybridized carbons (Fsp3) is 0.118. The highest BCUT2D eigenvalue weighted by atomic mass is 32.2. The maximum absolute atomic E-state index is 13.6. The summed E-state index contributed by atoms with van der Waals surface area (Å²) in [5.41, 5.74) is 4.26. The normalized spacial score (nSPS) is 19.9. The van der Waals surface area contributed by atoms with Gasteiger partial charge in [0.25, 0.3) is 0 Å². The second-order valence-corrected chi connectivity index (χ2v) is 9.30. The smallest absolute Gasteiger partial charge is 0.304 e. The number of nitrogens with two attached hydrogens (primary N) is 1. The number of carbonyl (C=O) groups is 1. The van der Waals surface area contributed by atoms with Crippen molar-refractivity contribution in [3.63, 3.8) is 0 Å². The number of rotatable bonds is 5. The van der Waals surface area contributed by atoms with Gasteiger partial charge in [-0.25, -0.2) is 8.78 Å². The molecule has 1 aliphatic heterocycles. The molecular formula is C17H16B3F2NO5S. The van der Waals surface area contributed by atoms with Gasteiger partial charge in [-0.2, -0.15) is 8.42 Å². The molecule has 6 nitrogen and oxygen atoms in total. The number of Topliss-reactive ketones (excluding diaryl/α,β-unsaturated/α-hetero) is 1. The Bertz CT molecular complexity index is 1130. The van der Waals surface area contributed by atoms with Gasteiger partial charge in [0.2, 0.25) is 17.4 Å². The fourth-order valence-electron chi connectivity index (χ4n) is 2.90. The largest absolute Gasteiger partial charge is 0.467 e. The quantitative estimate of drug-likeness (QED) is 0.491. The molecule has 0 radical (unpaired) electrons. The van der Waals surface area contributed by atoms with Crippen LogP contribution in [0.3, 0.4) is 0 Å². The van der Waals surface area contributed by atoms with Gasteiger partial charge in [-0.3, -0.25) is 4.79 Å². The van der Waals surface area contributed by atoms with Crippen LogP contribution in [0, 0.1) is 11.6 Å². The number of carbonyl (C=O) groups excluding carboxylic acids is 1. The number of ketones is 1. The first-order valence-corrected chi connectivity index (χ1v) is 9.99. The van der Waals surface area contributed by atoms with E-state index in [1.807, 2.05) is 0 Å². The summed E-state index contributed by atoms with van der Waals surface area (Å²) in [4.78, 5) is 12.9. The van der Waals surface area contributed by atoms with Gasteiger partial charge in [-0.05, 0) is 23.3 Å². The van der Waals surface area contributed by atoms with Crippen LogP contribution in [0.5, 0.6) is 0 Å². The minimum atomic E-state index is -4.38. The van der Waals surface area contributed by atoms with Crippen molar-refractivity contribution in [1.29, 1.82) is 0 Å². The number of ether oxygens (including phenoxy) is 1. The lowest BCUT2D eigenvalue weighted by molar-refractivity contribution is -0.126. The highest BCUT2D eigenvalue weighted by Gasteiger charge is 2.51. The number of halogens is 2. The van der Waals surface area contributed by atoms with E-state index < -0.39 is 49.2 Å². The summed E-state index contributed by atoms with van der Waals surface area (Å²) in [5, 5.41) is 0. The van der Waals surface area contributed by atoms with E-state index >= 15 is 0 Å². The minimum Gasteiger partial charge on any atom is -0.467 e. The van der Waals surface area contributed by atoms with Crippen LogP contribution < -0.4 is 5.73 Å². The third-order valence-corrected chi connectivity index (χ3v) is 6.81. The summed E-state index contributed by atoms with van der Waals surface area (Å²) in [6, 6.07) is 11.1. The van der Waals surface area contributed by atoms with E-state index in [0.717, 1.165) is 18.2 Å². The Morgan fingerprint density at radius 1 is 1.07 bits per heavy atom. The van der Waals surface area contributed by atoms with Crippen molar-refractivity contribution in [3.05, 3.63) is 82.9 Å². The van der Waals surface area contributed by atoms with Crippen LogP contribution in [0.2, 0.25) is 0 Å². The molecule has 0 spiro atoms. The highest BCUT2D eigenvalue weighted by molar-refractivity contribution is 7.90. The molecule has 29 heavy (non-hydrogen) atoms. The van der Waals surface area contributed by atoms with Crippen LogP contribution in [-0.2, 0) is 33.9 Å². The van der Waals surface area contributed by atoms with E-state index in [2.05, 4.69) is 0 Å². The first kappa shape index (κ1) is 21.0. The van der Waals surface area contributed by atoms with Gasteiger partial charge in [0, 0.05) is 0 Å². The molecule has 2 aromatic carbocycles. The third kappa shape index (κ3) is 3.41. The molecule has 0 fully saturated rings. The van der Waals surface area contributed by atoms with Crippen LogP contribution >= 0.6 is 0 Å². The molecule has 1 atom stereocenters. The minimum absolute atomic E-state index is 0.0392. The van der Waals surface area contributed by atoms with Crippen molar-refractivity contribution < 1.29 is 30.9 Å². The summed E-state index contributed by atoms with van der Waals surface area (Å²) in [6.45, 7) is 0. The molecule has 0 aromatic heterocycles. The van der Waals surface area contributed by atoms with Crippen LogP contribution in [-0.4, -0.2) is 37.7 Å². The molecule has 0 bridgehead atoms. The molecule has 2 aromatic rings. The second-order valence-electron chi connectivity index (χ2n) is 7.20. The number of benzene rings is 2. The Kier molecular flexibility index (Phi) is 5.02. The molecule has 0 saturated carbocycles. The number of hydrogen-bond acceptors (Lipinski definition) is 6. The first-order valence-electron chi connectivity index (χ1n) is 8.59. The highest BCUT2D eigenvalue weighted by Crippen LogP contribution is 2.38. The third-order valence-electron chi connectivity index (χ3n) is 4.93. The standard InChI is InChI=1S/C17H16B3F2NO5S/c18-16(10-6-7-11(21)12(22)8-10)14(24)13(15(23)27-16)28-29(25,26)17(19,20)9-4-2-1-3-5-9/h1-8H,18-20,23H2/t16-/m1/s1. The second kappa shape index (κ2) is 6.94. The molecule has 0 aliphatic carbocycles. The van der Waals surface area contributed by atoms with E-state index in [1.54, 1.807) is 30.3 Å². The van der Waals surface area contributed by atoms with E-state index in [9.17, 15) is 22.0 Å². The maximum Gasteiger partial charge on any atom is 0.304 e. The summed E-state index contributed by atoms with van der Waals surface area (Å²) >= 11 is 0. The Balaban J connectivity index is 1.95. The van der Waals surface area contributed by atoms with Gasteiger partial charge in [0.05, 0.1) is 4.55 Å². The van der Waals surface area contributed by atoms with Gasteiger partial charge >= 0.3 is 10.1 Å². The molecule has 0 saturated heterocycles. The average molecular weight is 417 g/mol. The van der Waals surface area contributed by atoms with Crippen molar-refractivity contribution in [3.8, 4) is 0 Å². The fourth-order valence-corrected chi connectivity index (χ4v) is 3.91. The van der Waals surface area contributed by atoms with Gasteiger partial charge in [0.15, 0.2) is 25.0 Å². The zero-order valence-corrected chi connectivity index (χ0v) is 16.7. The topological polar surface area (TPSA) is 95.7 Å². The summed E-state index contributed by atoms with van der Waals surface area (Å²) in [5.74, 6) is -4.48. The molecule has 1 aliphatic rings. The molecule has 12 heteroatoms. The van der Waals surface area contributed by atoms with Crippen molar-refractivity contribution in [2.75, 3.05) is 0 Å². The number of hydrogen-bond donors (Lipinski definition) is 1. The first-order chi connectivity index (χ1) is 13.4. The van der Waals surface area contributed by atoms with Crippen molar-refractivity contribution in [1.82, 2.24) is 0 Å². The summed E-state index contributed by atoms with van der Waals surface area (Å²) in [7, 11) is -0.278. The Hall–Kier alpha value is -2.75. The van der Waals surface area contributed by atoms with Crippen LogP contribution in [0.1, 0.15) is 11.1 Å². The zero-order chi connectivity index (χ0) is 21.6. The van der Waals surface area contributed by atoms with E-state index in [-0.39, 0.29) is 5.56 Å². The van der Waals surface area contributed by atoms with Crippen molar-refractivity contribution in [2.45, 2.75) is 10.0 Å². The molecular weight excluding hydrogens is 401 g/mol. The predicted molar refractivity (Wildman–Crippen MR) is 109 cm³/mol. The Morgan fingerprint density at radius 3 is 2.28 bits per heavy atom. The molecule has 1 heterocycles. The SMILES string of the molecule is BC(B)(c1ccccc1)S(=O)(=O)OC1=C(N)O[C@](B)(c2ccc(F)c(F)c2)C1=O. The van der Waals surface area contributed by atoms with Gasteiger partial charge < -0.3 is 14.7 Å². The maximum atomic E-state index is 13.6. The monoisotopic (exact) mass is 417 g/mol. The average Bonchev–Trinajstić information content (AvgIpc) is 2.88. The Labute approximate surface area is 169 Å². The lowest BCUT2D eigenvalue weighted by atomic mass is 9.65. The van der Waals surface area contributed by atoms with Crippen molar-refractivity contribution >= 4 is 39.4 Å². The lowest BCUT2D eigenvalue weighted by Crippen LogP contribution is -2.40. The van der Waals surface area contributed by atoms with E-state index in [4.69, 9.17) is 14.7 Å². The van der Waals surface area contributed by atoms with Gasteiger partial charge in [-0.1, -0.05) is 36.4 Å². The molecule has 148 valence electrons. The molecule has 0 amide bonds. The zero-order valence-electron chi connectivity index (χ0n) is 15.9. The van der Waals surface area contributed by atoms with Gasteiger partial charge in [0.1, 0.15) is 15.7 Å². The van der Waals surface area contributed by atoms with Crippen LogP contribution in [0.4, 0.5) is 8.78 Å². The predicted octanol–water partition coefficient (Wildman–Crippen LogP) is -1.10. The van der Waals surface area contributed by atoms with E-state index in [0.29, 0.717) is 5.56 Å². The van der Waals surface area contributed by atoms with E-state index in [1.165, 1.54) is 23.5 Å². The van der Waals surface area contributed by atoms with Gasteiger partial charge in [-0.15, -0.1) is 0 Å². The Morgan fingerprint density at radius 2 is 1.69 bits per heavy atom. The van der Waals surface area contributed by atoms with Crippen LogP contribution in [0.25, 0.3) is 0 Å². The summed E-state index contributed by atoms with van der Waals surface area (Å²) < 4.78 is 61.6.